The van der Waals surface area contributed by atoms with Gasteiger partial charge in [-0.3, -0.25) is 9.89 Å². The van der Waals surface area contributed by atoms with Gasteiger partial charge in [-0.2, -0.15) is 5.10 Å². The maximum Gasteiger partial charge on any atom is 0.227 e. The van der Waals surface area contributed by atoms with Crippen LogP contribution in [0.3, 0.4) is 0 Å². The molecule has 1 aliphatic rings. The molecule has 5 heteroatoms. The number of carbonyl (C=O) groups is 1. The summed E-state index contributed by atoms with van der Waals surface area (Å²) < 4.78 is 0. The summed E-state index contributed by atoms with van der Waals surface area (Å²) >= 11 is 0. The van der Waals surface area contributed by atoms with Crippen LogP contribution >= 0.6 is 0 Å². The molecule has 98 valence electrons. The number of nitrogens with one attached hydrogen (secondary N) is 1. The van der Waals surface area contributed by atoms with Crippen LogP contribution in [0.15, 0.2) is 24.5 Å². The van der Waals surface area contributed by atoms with Crippen molar-refractivity contribution < 1.29 is 4.79 Å². The van der Waals surface area contributed by atoms with Gasteiger partial charge >= 0.3 is 0 Å². The molecule has 3 rings (SSSR count). The lowest BCUT2D eigenvalue weighted by Gasteiger charge is -2.19. The minimum Gasteiger partial charge on any atom is -0.312 e. The summed E-state index contributed by atoms with van der Waals surface area (Å²) in [6, 6.07) is 6.21. The number of H-pyrrole nitrogens is 1. The van der Waals surface area contributed by atoms with Crippen LogP contribution in [0.4, 0.5) is 5.69 Å². The highest BCUT2D eigenvalue weighted by molar-refractivity contribution is 5.96. The van der Waals surface area contributed by atoms with Gasteiger partial charge in [0.25, 0.3) is 0 Å². The minimum atomic E-state index is 0.157. The first kappa shape index (κ1) is 11.9. The lowest BCUT2D eigenvalue weighted by atomic mass is 10.1. The van der Waals surface area contributed by atoms with E-state index in [2.05, 4.69) is 40.3 Å². The monoisotopic (exact) mass is 256 g/mol. The average molecular weight is 256 g/mol. The number of fused-ring (bicyclic) bond motifs is 1. The third-order valence-electron chi connectivity index (χ3n) is 3.54. The highest BCUT2D eigenvalue weighted by atomic mass is 16.2. The molecule has 0 radical (unpaired) electrons. The summed E-state index contributed by atoms with van der Waals surface area (Å²) in [6.45, 7) is 2.84. The van der Waals surface area contributed by atoms with Crippen molar-refractivity contribution in [2.24, 2.45) is 0 Å². The van der Waals surface area contributed by atoms with Gasteiger partial charge in [-0.1, -0.05) is 18.2 Å². The van der Waals surface area contributed by atoms with Gasteiger partial charge in [0.2, 0.25) is 5.91 Å². The Hall–Kier alpha value is -2.17. The maximum atomic E-state index is 12.3. The number of aromatic nitrogens is 3. The van der Waals surface area contributed by atoms with Crippen molar-refractivity contribution in [3.8, 4) is 0 Å². The first-order chi connectivity index (χ1) is 9.25. The third kappa shape index (κ3) is 2.23. The minimum absolute atomic E-state index is 0.157. The molecule has 1 amide bonds. The molecule has 1 aliphatic heterocycles. The second-order valence-corrected chi connectivity index (χ2v) is 4.81. The van der Waals surface area contributed by atoms with E-state index in [1.807, 2.05) is 4.90 Å². The number of anilines is 1. The van der Waals surface area contributed by atoms with Crippen molar-refractivity contribution in [1.82, 2.24) is 15.2 Å². The van der Waals surface area contributed by atoms with Crippen molar-refractivity contribution in [2.75, 3.05) is 11.4 Å². The number of hydrogen-bond acceptors (Lipinski definition) is 3. The topological polar surface area (TPSA) is 61.9 Å². The molecule has 0 aliphatic carbocycles. The fraction of sp³-hybridized carbons (Fsp3) is 0.357. The number of benzene rings is 1. The number of rotatable bonds is 3. The Balaban J connectivity index is 1.73. The van der Waals surface area contributed by atoms with Gasteiger partial charge in [-0.25, -0.2) is 4.98 Å². The molecular formula is C14H16N4O. The molecule has 0 saturated heterocycles. The second-order valence-electron chi connectivity index (χ2n) is 4.81. The molecule has 1 N–H and O–H groups in total. The Labute approximate surface area is 111 Å². The fourth-order valence-corrected chi connectivity index (χ4v) is 2.61. The van der Waals surface area contributed by atoms with Crippen LogP contribution in [0.2, 0.25) is 0 Å². The molecular weight excluding hydrogens is 240 g/mol. The van der Waals surface area contributed by atoms with Gasteiger partial charge in [0.15, 0.2) is 0 Å². The first-order valence-corrected chi connectivity index (χ1v) is 6.49. The predicted octanol–water partition coefficient (Wildman–Crippen LogP) is 1.64. The SMILES string of the molecule is Cc1cccc2c1N(C(=O)CCc1ncn[nH]1)CC2. The van der Waals surface area contributed by atoms with E-state index in [1.54, 1.807) is 0 Å². The van der Waals surface area contributed by atoms with Crippen LogP contribution < -0.4 is 4.90 Å². The van der Waals surface area contributed by atoms with E-state index in [-0.39, 0.29) is 5.91 Å². The molecule has 0 bridgehead atoms. The van der Waals surface area contributed by atoms with E-state index in [1.165, 1.54) is 17.5 Å². The van der Waals surface area contributed by atoms with Crippen molar-refractivity contribution in [3.63, 3.8) is 0 Å². The lowest BCUT2D eigenvalue weighted by molar-refractivity contribution is -0.118. The summed E-state index contributed by atoms with van der Waals surface area (Å²) in [4.78, 5) is 18.3. The van der Waals surface area contributed by atoms with E-state index in [0.29, 0.717) is 12.8 Å². The number of aryl methyl sites for hydroxylation is 2. The lowest BCUT2D eigenvalue weighted by Crippen LogP contribution is -2.29. The van der Waals surface area contributed by atoms with Gasteiger partial charge in [0, 0.05) is 25.1 Å². The van der Waals surface area contributed by atoms with E-state index in [0.717, 1.165) is 24.5 Å². The zero-order valence-electron chi connectivity index (χ0n) is 10.9. The Morgan fingerprint density at radius 3 is 3.16 bits per heavy atom. The van der Waals surface area contributed by atoms with E-state index >= 15 is 0 Å². The Morgan fingerprint density at radius 1 is 1.47 bits per heavy atom. The second kappa shape index (κ2) is 4.84. The number of carbonyl (C=O) groups excluding carboxylic acids is 1. The maximum absolute atomic E-state index is 12.3. The van der Waals surface area contributed by atoms with Gasteiger partial charge in [0.05, 0.1) is 0 Å². The molecule has 5 nitrogen and oxygen atoms in total. The number of amides is 1. The van der Waals surface area contributed by atoms with Crippen LogP contribution in [0.1, 0.15) is 23.4 Å². The van der Waals surface area contributed by atoms with Gasteiger partial charge in [-0.15, -0.1) is 0 Å². The molecule has 0 unspecified atom stereocenters. The molecule has 2 aromatic rings. The molecule has 19 heavy (non-hydrogen) atoms. The van der Waals surface area contributed by atoms with Crippen molar-refractivity contribution in [1.29, 1.82) is 0 Å². The Morgan fingerprint density at radius 2 is 2.37 bits per heavy atom. The Kier molecular flexibility index (Phi) is 3.03. The molecule has 2 heterocycles. The summed E-state index contributed by atoms with van der Waals surface area (Å²) in [5, 5.41) is 6.57. The van der Waals surface area contributed by atoms with Crippen LogP contribution in [0.5, 0.6) is 0 Å². The van der Waals surface area contributed by atoms with Crippen LogP contribution in [-0.2, 0) is 17.6 Å². The standard InChI is InChI=1S/C14H16N4O/c1-10-3-2-4-11-7-8-18(14(10)11)13(19)6-5-12-15-9-16-17-12/h2-4,9H,5-8H2,1H3,(H,15,16,17). The van der Waals surface area contributed by atoms with E-state index in [4.69, 9.17) is 0 Å². The summed E-state index contributed by atoms with van der Waals surface area (Å²) in [5.41, 5.74) is 3.54. The van der Waals surface area contributed by atoms with Crippen molar-refractivity contribution in [3.05, 3.63) is 41.5 Å². The predicted molar refractivity (Wildman–Crippen MR) is 71.9 cm³/mol. The Bertz CT molecular complexity index is 591. The number of nitrogens with zero attached hydrogens (tertiary/aromatic N) is 3. The van der Waals surface area contributed by atoms with Gasteiger partial charge in [0.1, 0.15) is 12.2 Å². The summed E-state index contributed by atoms with van der Waals surface area (Å²) in [5.74, 6) is 0.919. The zero-order valence-corrected chi connectivity index (χ0v) is 10.9. The number of para-hydroxylation sites is 1. The first-order valence-electron chi connectivity index (χ1n) is 6.49. The van der Waals surface area contributed by atoms with Crippen molar-refractivity contribution >= 4 is 11.6 Å². The highest BCUT2D eigenvalue weighted by Gasteiger charge is 2.25. The fourth-order valence-electron chi connectivity index (χ4n) is 2.61. The number of aromatic amines is 1. The normalized spacial score (nSPS) is 13.6. The third-order valence-corrected chi connectivity index (χ3v) is 3.54. The van der Waals surface area contributed by atoms with Crippen LogP contribution in [0.25, 0.3) is 0 Å². The largest absolute Gasteiger partial charge is 0.312 e. The molecule has 1 aromatic heterocycles. The molecule has 0 atom stereocenters. The van der Waals surface area contributed by atoms with E-state index < -0.39 is 0 Å². The molecule has 0 saturated carbocycles. The van der Waals surface area contributed by atoms with E-state index in [9.17, 15) is 4.79 Å². The van der Waals surface area contributed by atoms with Crippen LogP contribution in [0, 0.1) is 6.92 Å². The van der Waals surface area contributed by atoms with Gasteiger partial charge < -0.3 is 4.90 Å². The van der Waals surface area contributed by atoms with Crippen LogP contribution in [-0.4, -0.2) is 27.6 Å². The summed E-state index contributed by atoms with van der Waals surface area (Å²) in [6.07, 6.45) is 3.49. The smallest absolute Gasteiger partial charge is 0.227 e. The molecule has 0 fully saturated rings. The molecule has 1 aromatic carbocycles. The zero-order chi connectivity index (χ0) is 13.2. The quantitative estimate of drug-likeness (QED) is 0.908. The average Bonchev–Trinajstić information content (AvgIpc) is 3.05. The molecule has 0 spiro atoms. The number of hydrogen-bond donors (Lipinski definition) is 1. The summed E-state index contributed by atoms with van der Waals surface area (Å²) in [7, 11) is 0. The van der Waals surface area contributed by atoms with Gasteiger partial charge in [-0.05, 0) is 24.5 Å². The van der Waals surface area contributed by atoms with Crippen molar-refractivity contribution in [2.45, 2.75) is 26.2 Å². The highest BCUT2D eigenvalue weighted by Crippen LogP contribution is 2.31.